The molecule has 0 aliphatic carbocycles. The van der Waals surface area contributed by atoms with Crippen LogP contribution in [0.25, 0.3) is 0 Å². The van der Waals surface area contributed by atoms with Crippen molar-refractivity contribution in [2.24, 2.45) is 0 Å². The van der Waals surface area contributed by atoms with Gasteiger partial charge >= 0.3 is 8.25 Å². The molecule has 0 bridgehead atoms. The van der Waals surface area contributed by atoms with E-state index in [0.29, 0.717) is 5.38 Å². The molecule has 0 aliphatic rings. The van der Waals surface area contributed by atoms with Gasteiger partial charge < -0.3 is 9.42 Å². The van der Waals surface area contributed by atoms with Gasteiger partial charge in [-0.2, -0.15) is 0 Å². The molecule has 0 heterocycles. The van der Waals surface area contributed by atoms with Crippen LogP contribution in [-0.2, 0) is 9.09 Å². The highest BCUT2D eigenvalue weighted by molar-refractivity contribution is 7.32. The van der Waals surface area contributed by atoms with E-state index in [2.05, 4.69) is 17.7 Å². The maximum atomic E-state index is 10.3. The minimum absolute atomic E-state index is 0.402. The van der Waals surface area contributed by atoms with Crippen molar-refractivity contribution in [1.82, 2.24) is 0 Å². The van der Waals surface area contributed by atoms with Crippen LogP contribution in [0.4, 0.5) is 0 Å². The van der Waals surface area contributed by atoms with E-state index in [1.807, 2.05) is 13.1 Å². The molecule has 0 aromatic heterocycles. The van der Waals surface area contributed by atoms with Crippen LogP contribution in [0.2, 0.25) is 13.1 Å². The van der Waals surface area contributed by atoms with Crippen LogP contribution < -0.4 is 0 Å². The van der Waals surface area contributed by atoms with Gasteiger partial charge in [-0.05, 0) is 0 Å². The van der Waals surface area contributed by atoms with Gasteiger partial charge in [-0.15, -0.1) is 6.58 Å². The standard InChI is InChI=1S/C6H13O3PSi/c1-5-11(3,4)6(2)9-10(7)8/h5,10H,1-2H2,3-4H3,(H,7,8). The molecule has 1 N–H and O–H groups in total. The minimum atomic E-state index is -2.89. The molecule has 5 heteroatoms. The summed E-state index contributed by atoms with van der Waals surface area (Å²) in [6.45, 7) is 11.1. The lowest BCUT2D eigenvalue weighted by molar-refractivity contribution is 0.367. The molecule has 0 aliphatic heterocycles. The van der Waals surface area contributed by atoms with Crippen molar-refractivity contribution in [3.63, 3.8) is 0 Å². The van der Waals surface area contributed by atoms with Crippen LogP contribution in [0.15, 0.2) is 24.2 Å². The first kappa shape index (κ1) is 10.7. The van der Waals surface area contributed by atoms with Crippen LogP contribution in [0.3, 0.4) is 0 Å². The molecule has 0 aromatic carbocycles. The van der Waals surface area contributed by atoms with Gasteiger partial charge in [0.25, 0.3) is 0 Å². The Hall–Kier alpha value is -0.313. The van der Waals surface area contributed by atoms with E-state index in [4.69, 9.17) is 4.89 Å². The summed E-state index contributed by atoms with van der Waals surface area (Å²) in [4.78, 5) is 8.43. The monoisotopic (exact) mass is 192 g/mol. The van der Waals surface area contributed by atoms with E-state index < -0.39 is 16.3 Å². The second-order valence-electron chi connectivity index (χ2n) is 2.72. The van der Waals surface area contributed by atoms with Gasteiger partial charge in [-0.3, -0.25) is 0 Å². The fourth-order valence-electron chi connectivity index (χ4n) is 0.351. The quantitative estimate of drug-likeness (QED) is 0.420. The first-order chi connectivity index (χ1) is 4.90. The molecule has 3 nitrogen and oxygen atoms in total. The molecule has 0 spiro atoms. The Morgan fingerprint density at radius 2 is 2.18 bits per heavy atom. The van der Waals surface area contributed by atoms with E-state index in [9.17, 15) is 4.57 Å². The van der Waals surface area contributed by atoms with Crippen molar-refractivity contribution in [1.29, 1.82) is 0 Å². The predicted molar refractivity (Wildman–Crippen MR) is 49.1 cm³/mol. The van der Waals surface area contributed by atoms with Crippen LogP contribution >= 0.6 is 8.25 Å². The molecule has 11 heavy (non-hydrogen) atoms. The SMILES string of the molecule is C=C[Si](C)(C)C(=C)O[PH](=O)O. The summed E-state index contributed by atoms with van der Waals surface area (Å²) in [7, 11) is -4.72. The summed E-state index contributed by atoms with van der Waals surface area (Å²) in [5.41, 5.74) is 1.75. The van der Waals surface area contributed by atoms with Crippen LogP contribution in [0, 0.1) is 0 Å². The Kier molecular flexibility index (Phi) is 3.79. The molecule has 0 saturated heterocycles. The van der Waals surface area contributed by atoms with Crippen molar-refractivity contribution >= 4 is 16.3 Å². The predicted octanol–water partition coefficient (Wildman–Crippen LogP) is 1.87. The topological polar surface area (TPSA) is 46.5 Å². The molecular weight excluding hydrogens is 179 g/mol. The van der Waals surface area contributed by atoms with E-state index in [0.717, 1.165) is 0 Å². The Labute approximate surface area is 68.4 Å². The maximum absolute atomic E-state index is 10.3. The Morgan fingerprint density at radius 1 is 1.73 bits per heavy atom. The second-order valence-corrected chi connectivity index (χ2v) is 7.86. The summed E-state index contributed by atoms with van der Waals surface area (Å²) < 4.78 is 14.9. The summed E-state index contributed by atoms with van der Waals surface area (Å²) in [5.74, 6) is 0. The third kappa shape index (κ3) is 3.56. The molecule has 0 aromatic rings. The van der Waals surface area contributed by atoms with Crippen molar-refractivity contribution in [3.8, 4) is 0 Å². The second kappa shape index (κ2) is 3.90. The zero-order chi connectivity index (χ0) is 9.07. The lowest BCUT2D eigenvalue weighted by Crippen LogP contribution is -2.25. The summed E-state index contributed by atoms with van der Waals surface area (Å²) in [6.07, 6.45) is 0. The van der Waals surface area contributed by atoms with Gasteiger partial charge in [0.1, 0.15) is 8.07 Å². The van der Waals surface area contributed by atoms with Gasteiger partial charge in [-0.25, -0.2) is 4.57 Å². The molecule has 0 amide bonds. The highest BCUT2D eigenvalue weighted by Crippen LogP contribution is 2.26. The minimum Gasteiger partial charge on any atom is -0.436 e. The first-order valence-electron chi connectivity index (χ1n) is 3.14. The molecule has 1 unspecified atom stereocenters. The van der Waals surface area contributed by atoms with Crippen LogP contribution in [-0.4, -0.2) is 13.0 Å². The van der Waals surface area contributed by atoms with Crippen LogP contribution in [0.1, 0.15) is 0 Å². The van der Waals surface area contributed by atoms with Crippen molar-refractivity contribution < 1.29 is 14.0 Å². The number of hydrogen-bond donors (Lipinski definition) is 1. The maximum Gasteiger partial charge on any atom is 0.364 e. The average molecular weight is 192 g/mol. The summed E-state index contributed by atoms with van der Waals surface area (Å²) in [6, 6.07) is 0. The third-order valence-electron chi connectivity index (χ3n) is 1.44. The van der Waals surface area contributed by atoms with Crippen molar-refractivity contribution in [2.75, 3.05) is 0 Å². The molecule has 0 saturated carbocycles. The van der Waals surface area contributed by atoms with E-state index in [1.165, 1.54) is 0 Å². The van der Waals surface area contributed by atoms with Gasteiger partial charge in [0.15, 0.2) is 0 Å². The smallest absolute Gasteiger partial charge is 0.364 e. The van der Waals surface area contributed by atoms with E-state index in [-0.39, 0.29) is 0 Å². The molecular formula is C6H13O3PSi. The Bertz CT molecular complexity index is 200. The van der Waals surface area contributed by atoms with Gasteiger partial charge in [0.05, 0.1) is 5.38 Å². The van der Waals surface area contributed by atoms with Crippen LogP contribution in [0.5, 0.6) is 0 Å². The van der Waals surface area contributed by atoms with E-state index >= 15 is 0 Å². The van der Waals surface area contributed by atoms with Gasteiger partial charge in [0, 0.05) is 0 Å². The average Bonchev–Trinajstić information content (AvgIpc) is 1.86. The summed E-state index contributed by atoms with van der Waals surface area (Å²) in [5, 5.41) is 0.402. The zero-order valence-corrected chi connectivity index (χ0v) is 8.76. The molecule has 64 valence electrons. The number of hydrogen-bond acceptors (Lipinski definition) is 2. The number of rotatable bonds is 4. The molecule has 1 atom stereocenters. The zero-order valence-electron chi connectivity index (χ0n) is 6.76. The van der Waals surface area contributed by atoms with Gasteiger partial charge in [-0.1, -0.05) is 25.4 Å². The fourth-order valence-corrected chi connectivity index (χ4v) is 2.10. The molecule has 0 fully saturated rings. The Morgan fingerprint density at radius 3 is 2.45 bits per heavy atom. The Balaban J connectivity index is 4.24. The molecule has 0 radical (unpaired) electrons. The highest BCUT2D eigenvalue weighted by atomic mass is 31.1. The molecule has 0 rings (SSSR count). The third-order valence-corrected chi connectivity index (χ3v) is 4.62. The largest absolute Gasteiger partial charge is 0.436 e. The van der Waals surface area contributed by atoms with Crippen molar-refractivity contribution in [3.05, 3.63) is 24.2 Å². The highest BCUT2D eigenvalue weighted by Gasteiger charge is 2.23. The van der Waals surface area contributed by atoms with Gasteiger partial charge in [0.2, 0.25) is 0 Å². The summed E-state index contributed by atoms with van der Waals surface area (Å²) >= 11 is 0. The normalized spacial score (nSPS) is 13.7. The van der Waals surface area contributed by atoms with E-state index in [1.54, 1.807) is 5.70 Å². The van der Waals surface area contributed by atoms with Crippen molar-refractivity contribution in [2.45, 2.75) is 13.1 Å². The first-order valence-corrected chi connectivity index (χ1v) is 7.48. The lowest BCUT2D eigenvalue weighted by Gasteiger charge is -2.18. The lowest BCUT2D eigenvalue weighted by atomic mass is 11.1. The fraction of sp³-hybridized carbons (Fsp3) is 0.333.